The van der Waals surface area contributed by atoms with Crippen molar-refractivity contribution in [1.82, 2.24) is 15.6 Å². The predicted molar refractivity (Wildman–Crippen MR) is 106 cm³/mol. The molecule has 0 atom stereocenters. The number of H-pyrrole nitrogens is 1. The second-order valence-electron chi connectivity index (χ2n) is 6.35. The molecule has 0 saturated heterocycles. The number of hydrogen-bond acceptors (Lipinski definition) is 4. The largest absolute Gasteiger partial charge is 0.507 e. The standard InChI is InChI=1S/C20H19ClN4O2/c1-11-4-5-15(16(21)6-11)17-9-18(24-23-17)20(27)25-22-10-14-7-12(2)19(26)13(3)8-14/h4-10,26H,1-3H3,(H,23,24)(H,25,27)/b22-10+. The van der Waals surface area contributed by atoms with E-state index in [2.05, 4.69) is 20.7 Å². The fraction of sp³-hybridized carbons (Fsp3) is 0.150. The molecule has 6 nitrogen and oxygen atoms in total. The highest BCUT2D eigenvalue weighted by atomic mass is 35.5. The Labute approximate surface area is 161 Å². The molecular formula is C20H19ClN4O2. The summed E-state index contributed by atoms with van der Waals surface area (Å²) in [6, 6.07) is 10.8. The summed E-state index contributed by atoms with van der Waals surface area (Å²) in [4.78, 5) is 12.2. The summed E-state index contributed by atoms with van der Waals surface area (Å²) in [6.07, 6.45) is 1.52. The van der Waals surface area contributed by atoms with Crippen molar-refractivity contribution in [2.75, 3.05) is 0 Å². The summed E-state index contributed by atoms with van der Waals surface area (Å²) in [5, 5.41) is 21.2. The zero-order valence-corrected chi connectivity index (χ0v) is 15.9. The molecule has 3 rings (SSSR count). The van der Waals surface area contributed by atoms with E-state index in [4.69, 9.17) is 11.6 Å². The Bertz CT molecular complexity index is 1020. The molecule has 0 bridgehead atoms. The van der Waals surface area contributed by atoms with Gasteiger partial charge in [-0.1, -0.05) is 23.7 Å². The van der Waals surface area contributed by atoms with Crippen molar-refractivity contribution in [1.29, 1.82) is 0 Å². The lowest BCUT2D eigenvalue weighted by molar-refractivity contribution is 0.0950. The molecule has 0 aliphatic carbocycles. The second kappa shape index (κ2) is 7.63. The Hall–Kier alpha value is -3.12. The Morgan fingerprint density at radius 2 is 1.89 bits per heavy atom. The summed E-state index contributed by atoms with van der Waals surface area (Å²) in [5.74, 6) is -0.156. The third kappa shape index (κ3) is 4.17. The van der Waals surface area contributed by atoms with Gasteiger partial charge in [-0.25, -0.2) is 5.43 Å². The highest BCUT2D eigenvalue weighted by Gasteiger charge is 2.12. The van der Waals surface area contributed by atoms with Gasteiger partial charge < -0.3 is 5.11 Å². The molecule has 0 unspecified atom stereocenters. The van der Waals surface area contributed by atoms with Crippen LogP contribution in [-0.2, 0) is 0 Å². The third-order valence-electron chi connectivity index (χ3n) is 4.12. The molecule has 0 spiro atoms. The summed E-state index contributed by atoms with van der Waals surface area (Å²) in [5.41, 5.74) is 7.37. The van der Waals surface area contributed by atoms with Crippen molar-refractivity contribution < 1.29 is 9.90 Å². The number of halogens is 1. The van der Waals surface area contributed by atoms with E-state index >= 15 is 0 Å². The minimum atomic E-state index is -0.416. The topological polar surface area (TPSA) is 90.4 Å². The van der Waals surface area contributed by atoms with Crippen molar-refractivity contribution in [3.8, 4) is 17.0 Å². The van der Waals surface area contributed by atoms with Crippen LogP contribution < -0.4 is 5.43 Å². The molecule has 27 heavy (non-hydrogen) atoms. The summed E-state index contributed by atoms with van der Waals surface area (Å²) >= 11 is 6.25. The Kier molecular flexibility index (Phi) is 5.28. The number of benzene rings is 2. The zero-order chi connectivity index (χ0) is 19.6. The number of carbonyl (C=O) groups excluding carboxylic acids is 1. The number of phenols is 1. The maximum absolute atomic E-state index is 12.2. The molecule has 1 aromatic heterocycles. The molecule has 1 heterocycles. The van der Waals surface area contributed by atoms with E-state index in [0.717, 1.165) is 27.8 Å². The number of nitrogens with one attached hydrogen (secondary N) is 2. The van der Waals surface area contributed by atoms with Crippen molar-refractivity contribution in [2.45, 2.75) is 20.8 Å². The summed E-state index contributed by atoms with van der Waals surface area (Å²) in [7, 11) is 0. The van der Waals surface area contributed by atoms with Gasteiger partial charge in [0.1, 0.15) is 11.4 Å². The molecular weight excluding hydrogens is 364 g/mol. The molecule has 0 aliphatic rings. The van der Waals surface area contributed by atoms with E-state index in [1.807, 2.05) is 25.1 Å². The first kappa shape index (κ1) is 18.7. The minimum Gasteiger partial charge on any atom is -0.507 e. The average molecular weight is 383 g/mol. The van der Waals surface area contributed by atoms with E-state index in [1.54, 1.807) is 32.0 Å². The number of nitrogens with zero attached hydrogens (tertiary/aromatic N) is 2. The number of hydrazone groups is 1. The SMILES string of the molecule is Cc1ccc(-c2cc(C(=O)N/N=C/c3cc(C)c(O)c(C)c3)[nH]n2)c(Cl)c1. The maximum Gasteiger partial charge on any atom is 0.289 e. The number of rotatable bonds is 4. The van der Waals surface area contributed by atoms with Gasteiger partial charge in [-0.3, -0.25) is 9.89 Å². The molecule has 3 aromatic rings. The van der Waals surface area contributed by atoms with Crippen molar-refractivity contribution in [3.05, 3.63) is 69.4 Å². The number of aryl methyl sites for hydroxylation is 3. The zero-order valence-electron chi connectivity index (χ0n) is 15.2. The van der Waals surface area contributed by atoms with Crippen LogP contribution in [0.4, 0.5) is 0 Å². The lowest BCUT2D eigenvalue weighted by atomic mass is 10.1. The third-order valence-corrected chi connectivity index (χ3v) is 4.43. The van der Waals surface area contributed by atoms with Gasteiger partial charge in [0, 0.05) is 5.56 Å². The monoisotopic (exact) mass is 382 g/mol. The first-order chi connectivity index (χ1) is 12.8. The Morgan fingerprint density at radius 1 is 1.19 bits per heavy atom. The number of aromatic amines is 1. The van der Waals surface area contributed by atoms with Crippen molar-refractivity contribution in [3.63, 3.8) is 0 Å². The smallest absolute Gasteiger partial charge is 0.289 e. The molecule has 3 N–H and O–H groups in total. The minimum absolute atomic E-state index is 0.260. The van der Waals surface area contributed by atoms with Gasteiger partial charge in [-0.2, -0.15) is 10.2 Å². The number of amides is 1. The van der Waals surface area contributed by atoms with E-state index in [9.17, 15) is 9.90 Å². The van der Waals surface area contributed by atoms with Crippen LogP contribution in [0.2, 0.25) is 5.02 Å². The van der Waals surface area contributed by atoms with Gasteiger partial charge in [-0.05, 0) is 67.3 Å². The van der Waals surface area contributed by atoms with Gasteiger partial charge >= 0.3 is 0 Å². The highest BCUT2D eigenvalue weighted by Crippen LogP contribution is 2.27. The lowest BCUT2D eigenvalue weighted by Gasteiger charge is -2.04. The van der Waals surface area contributed by atoms with Gasteiger partial charge in [0.15, 0.2) is 0 Å². The summed E-state index contributed by atoms with van der Waals surface area (Å²) in [6.45, 7) is 5.56. The average Bonchev–Trinajstić information content (AvgIpc) is 3.09. The van der Waals surface area contributed by atoms with Gasteiger partial charge in [-0.15, -0.1) is 0 Å². The molecule has 0 radical (unpaired) electrons. The second-order valence-corrected chi connectivity index (χ2v) is 6.76. The van der Waals surface area contributed by atoms with E-state index in [0.29, 0.717) is 10.7 Å². The van der Waals surface area contributed by atoms with Crippen LogP contribution in [0.15, 0.2) is 41.5 Å². The summed E-state index contributed by atoms with van der Waals surface area (Å²) < 4.78 is 0. The number of hydrogen-bond donors (Lipinski definition) is 3. The fourth-order valence-corrected chi connectivity index (χ4v) is 3.03. The number of phenolic OH excluding ortho intramolecular Hbond substituents is 1. The molecule has 2 aromatic carbocycles. The quantitative estimate of drug-likeness (QED) is 0.468. The highest BCUT2D eigenvalue weighted by molar-refractivity contribution is 6.33. The van der Waals surface area contributed by atoms with Gasteiger partial charge in [0.2, 0.25) is 0 Å². The molecule has 0 fully saturated rings. The van der Waals surface area contributed by atoms with Gasteiger partial charge in [0.05, 0.1) is 16.9 Å². The normalized spacial score (nSPS) is 11.1. The van der Waals surface area contributed by atoms with Gasteiger partial charge in [0.25, 0.3) is 5.91 Å². The lowest BCUT2D eigenvalue weighted by Crippen LogP contribution is -2.18. The maximum atomic E-state index is 12.2. The van der Waals surface area contributed by atoms with E-state index < -0.39 is 5.91 Å². The van der Waals surface area contributed by atoms with Crippen LogP contribution in [0.25, 0.3) is 11.3 Å². The van der Waals surface area contributed by atoms with E-state index in [-0.39, 0.29) is 11.4 Å². The van der Waals surface area contributed by atoms with Crippen LogP contribution in [-0.4, -0.2) is 27.4 Å². The van der Waals surface area contributed by atoms with Crippen LogP contribution in [0.1, 0.15) is 32.7 Å². The van der Waals surface area contributed by atoms with E-state index in [1.165, 1.54) is 6.21 Å². The fourth-order valence-electron chi connectivity index (χ4n) is 2.69. The molecule has 138 valence electrons. The number of aromatic hydroxyl groups is 1. The van der Waals surface area contributed by atoms with Crippen LogP contribution in [0.3, 0.4) is 0 Å². The molecule has 0 saturated carbocycles. The van der Waals surface area contributed by atoms with Crippen LogP contribution in [0, 0.1) is 20.8 Å². The number of aromatic nitrogens is 2. The van der Waals surface area contributed by atoms with Crippen LogP contribution >= 0.6 is 11.6 Å². The van der Waals surface area contributed by atoms with Crippen molar-refractivity contribution >= 4 is 23.7 Å². The molecule has 0 aliphatic heterocycles. The Balaban J connectivity index is 1.71. The first-order valence-corrected chi connectivity index (χ1v) is 8.68. The predicted octanol–water partition coefficient (Wildman–Crippen LogP) is 4.12. The first-order valence-electron chi connectivity index (χ1n) is 8.30. The van der Waals surface area contributed by atoms with Crippen LogP contribution in [0.5, 0.6) is 5.75 Å². The van der Waals surface area contributed by atoms with Crippen molar-refractivity contribution in [2.24, 2.45) is 5.10 Å². The molecule has 1 amide bonds. The molecule has 7 heteroatoms. The Morgan fingerprint density at radius 3 is 2.56 bits per heavy atom. The number of carbonyl (C=O) groups is 1.